The molecule has 0 saturated heterocycles. The lowest BCUT2D eigenvalue weighted by molar-refractivity contribution is 0.551. The van der Waals surface area contributed by atoms with E-state index in [1.165, 1.54) is 0 Å². The third kappa shape index (κ3) is 4.29. The standard InChI is InChI=1S/C21H19F2N.C2H6/c1-13-9-20(15(3)16-7-5-4-6-8-16)24-21(10-13)17-11-14(2)18(22)12-19(17)23;1-2/h4-12,21,24H,3H2,1-2H3;1-2H3. The summed E-state index contributed by atoms with van der Waals surface area (Å²) >= 11 is 0. The van der Waals surface area contributed by atoms with Crippen LogP contribution in [0.4, 0.5) is 8.78 Å². The maximum atomic E-state index is 14.2. The highest BCUT2D eigenvalue weighted by Crippen LogP contribution is 2.30. The van der Waals surface area contributed by atoms with Gasteiger partial charge in [0, 0.05) is 17.3 Å². The van der Waals surface area contributed by atoms with Gasteiger partial charge < -0.3 is 5.32 Å². The lowest BCUT2D eigenvalue weighted by Crippen LogP contribution is -2.24. The van der Waals surface area contributed by atoms with E-state index in [2.05, 4.69) is 11.9 Å². The fourth-order valence-corrected chi connectivity index (χ4v) is 2.84. The van der Waals surface area contributed by atoms with E-state index in [9.17, 15) is 8.78 Å². The molecule has 2 aromatic rings. The third-order valence-electron chi connectivity index (χ3n) is 4.17. The number of nitrogens with one attached hydrogen (secondary N) is 1. The van der Waals surface area contributed by atoms with E-state index < -0.39 is 11.6 Å². The summed E-state index contributed by atoms with van der Waals surface area (Å²) in [5.41, 5.74) is 4.55. The molecule has 0 aliphatic carbocycles. The largest absolute Gasteiger partial charge is 0.374 e. The molecule has 0 bridgehead atoms. The van der Waals surface area contributed by atoms with Crippen LogP contribution in [0.3, 0.4) is 0 Å². The van der Waals surface area contributed by atoms with E-state index in [0.717, 1.165) is 28.5 Å². The fourth-order valence-electron chi connectivity index (χ4n) is 2.84. The Morgan fingerprint density at radius 1 is 1.00 bits per heavy atom. The van der Waals surface area contributed by atoms with Gasteiger partial charge in [0.15, 0.2) is 0 Å². The van der Waals surface area contributed by atoms with Gasteiger partial charge in [-0.2, -0.15) is 0 Å². The fraction of sp³-hybridized carbons (Fsp3) is 0.217. The summed E-state index contributed by atoms with van der Waals surface area (Å²) in [5, 5.41) is 3.31. The van der Waals surface area contributed by atoms with Gasteiger partial charge in [-0.15, -0.1) is 0 Å². The molecule has 0 fully saturated rings. The number of halogens is 2. The Morgan fingerprint density at radius 2 is 1.65 bits per heavy atom. The summed E-state index contributed by atoms with van der Waals surface area (Å²) in [6.07, 6.45) is 3.91. The molecule has 0 saturated carbocycles. The molecule has 0 radical (unpaired) electrons. The van der Waals surface area contributed by atoms with Crippen molar-refractivity contribution in [3.05, 3.63) is 101 Å². The Hall–Kier alpha value is -2.68. The van der Waals surface area contributed by atoms with Crippen LogP contribution in [0.25, 0.3) is 5.57 Å². The molecule has 0 spiro atoms. The van der Waals surface area contributed by atoms with Gasteiger partial charge in [0.05, 0.1) is 6.04 Å². The molecular formula is C23H25F2N. The number of hydrogen-bond donors (Lipinski definition) is 1. The van der Waals surface area contributed by atoms with Gasteiger partial charge in [-0.05, 0) is 42.7 Å². The van der Waals surface area contributed by atoms with Crippen LogP contribution < -0.4 is 5.32 Å². The molecule has 1 atom stereocenters. The van der Waals surface area contributed by atoms with Crippen molar-refractivity contribution in [1.82, 2.24) is 5.32 Å². The van der Waals surface area contributed by atoms with E-state index >= 15 is 0 Å². The van der Waals surface area contributed by atoms with Crippen molar-refractivity contribution < 1.29 is 8.78 Å². The molecule has 1 heterocycles. The summed E-state index contributed by atoms with van der Waals surface area (Å²) in [7, 11) is 0. The van der Waals surface area contributed by atoms with Gasteiger partial charge in [0.2, 0.25) is 0 Å². The number of hydrogen-bond acceptors (Lipinski definition) is 1. The van der Waals surface area contributed by atoms with Gasteiger partial charge in [-0.25, -0.2) is 8.78 Å². The van der Waals surface area contributed by atoms with Gasteiger partial charge in [0.25, 0.3) is 0 Å². The second-order valence-electron chi connectivity index (χ2n) is 6.06. The number of aryl methyl sites for hydroxylation is 1. The van der Waals surface area contributed by atoms with Crippen LogP contribution in [0.1, 0.15) is 43.5 Å². The van der Waals surface area contributed by atoms with Crippen molar-refractivity contribution in [2.45, 2.75) is 33.7 Å². The Bertz CT molecular complexity index is 848. The van der Waals surface area contributed by atoms with E-state index in [0.29, 0.717) is 11.1 Å². The van der Waals surface area contributed by atoms with E-state index in [-0.39, 0.29) is 6.04 Å². The quantitative estimate of drug-likeness (QED) is 0.665. The number of benzene rings is 2. The first-order valence-corrected chi connectivity index (χ1v) is 8.82. The van der Waals surface area contributed by atoms with Crippen LogP contribution in [0.5, 0.6) is 0 Å². The van der Waals surface area contributed by atoms with Crippen LogP contribution in [0.2, 0.25) is 0 Å². The average Bonchev–Trinajstić information content (AvgIpc) is 2.66. The SMILES string of the molecule is C=C(C1=CC(C)=CC(c2cc(C)c(F)cc2F)N1)c1ccccc1.CC. The summed E-state index contributed by atoms with van der Waals surface area (Å²) in [6, 6.07) is 12.0. The van der Waals surface area contributed by atoms with Crippen molar-refractivity contribution in [1.29, 1.82) is 0 Å². The topological polar surface area (TPSA) is 12.0 Å². The van der Waals surface area contributed by atoms with Crippen LogP contribution in [-0.4, -0.2) is 0 Å². The first kappa shape index (κ1) is 19.6. The monoisotopic (exact) mass is 353 g/mol. The molecular weight excluding hydrogens is 328 g/mol. The first-order chi connectivity index (χ1) is 12.5. The zero-order chi connectivity index (χ0) is 19.3. The molecule has 26 heavy (non-hydrogen) atoms. The zero-order valence-corrected chi connectivity index (χ0v) is 15.7. The Kier molecular flexibility index (Phi) is 6.51. The lowest BCUT2D eigenvalue weighted by Gasteiger charge is -2.26. The van der Waals surface area contributed by atoms with Crippen LogP contribution in [0, 0.1) is 18.6 Å². The minimum atomic E-state index is -0.550. The highest BCUT2D eigenvalue weighted by molar-refractivity contribution is 5.77. The predicted octanol–water partition coefficient (Wildman–Crippen LogP) is 6.49. The second-order valence-corrected chi connectivity index (χ2v) is 6.06. The van der Waals surface area contributed by atoms with Crippen molar-refractivity contribution in [2.75, 3.05) is 0 Å². The van der Waals surface area contributed by atoms with Crippen molar-refractivity contribution in [2.24, 2.45) is 0 Å². The van der Waals surface area contributed by atoms with Crippen molar-refractivity contribution in [3.8, 4) is 0 Å². The Labute approximate surface area is 154 Å². The Balaban J connectivity index is 0.00000117. The molecule has 1 nitrogen and oxygen atoms in total. The molecule has 136 valence electrons. The summed E-state index contributed by atoms with van der Waals surface area (Å²) in [6.45, 7) is 11.7. The molecule has 1 unspecified atom stereocenters. The lowest BCUT2D eigenvalue weighted by atomic mass is 9.94. The molecule has 1 aliphatic rings. The zero-order valence-electron chi connectivity index (χ0n) is 15.7. The Morgan fingerprint density at radius 3 is 2.31 bits per heavy atom. The maximum absolute atomic E-state index is 14.2. The number of dihydropyridines is 1. The molecule has 1 aliphatic heterocycles. The molecule has 0 aromatic heterocycles. The van der Waals surface area contributed by atoms with E-state index in [1.807, 2.05) is 63.3 Å². The van der Waals surface area contributed by atoms with Gasteiger partial charge in [-0.1, -0.05) is 62.4 Å². The van der Waals surface area contributed by atoms with Crippen LogP contribution >= 0.6 is 0 Å². The minimum Gasteiger partial charge on any atom is -0.374 e. The normalized spacial score (nSPS) is 15.8. The first-order valence-electron chi connectivity index (χ1n) is 8.82. The summed E-state index contributed by atoms with van der Waals surface area (Å²) in [4.78, 5) is 0. The summed E-state index contributed by atoms with van der Waals surface area (Å²) in [5.74, 6) is -1.08. The van der Waals surface area contributed by atoms with E-state index in [4.69, 9.17) is 0 Å². The smallest absolute Gasteiger partial charge is 0.131 e. The second kappa shape index (κ2) is 8.61. The molecule has 1 N–H and O–H groups in total. The van der Waals surface area contributed by atoms with Crippen LogP contribution in [0.15, 0.2) is 72.5 Å². The van der Waals surface area contributed by atoms with Gasteiger partial charge in [0.1, 0.15) is 11.6 Å². The van der Waals surface area contributed by atoms with Gasteiger partial charge in [-0.3, -0.25) is 0 Å². The molecule has 3 rings (SSSR count). The molecule has 0 amide bonds. The minimum absolute atomic E-state index is 0.357. The predicted molar refractivity (Wildman–Crippen MR) is 106 cm³/mol. The summed E-state index contributed by atoms with van der Waals surface area (Å²) < 4.78 is 27.8. The highest BCUT2D eigenvalue weighted by Gasteiger charge is 2.21. The van der Waals surface area contributed by atoms with Crippen molar-refractivity contribution in [3.63, 3.8) is 0 Å². The maximum Gasteiger partial charge on any atom is 0.131 e. The number of allylic oxidation sites excluding steroid dienone is 3. The van der Waals surface area contributed by atoms with Crippen LogP contribution in [-0.2, 0) is 0 Å². The highest BCUT2D eigenvalue weighted by atomic mass is 19.1. The van der Waals surface area contributed by atoms with E-state index in [1.54, 1.807) is 13.0 Å². The average molecular weight is 353 g/mol. The van der Waals surface area contributed by atoms with Crippen molar-refractivity contribution >= 4 is 5.57 Å². The van der Waals surface area contributed by atoms with Gasteiger partial charge >= 0.3 is 0 Å². The number of rotatable bonds is 3. The molecule has 2 aromatic carbocycles. The molecule has 3 heteroatoms. The third-order valence-corrected chi connectivity index (χ3v) is 4.17.